The van der Waals surface area contributed by atoms with E-state index in [1.54, 1.807) is 0 Å². The molecule has 4 rings (SSSR count). The minimum absolute atomic E-state index is 0.603. The minimum atomic E-state index is -0.603. The Bertz CT molecular complexity index is 1010. The standard InChI is InChI=1S/C27H26NP/c1-21-12-11-13-22(2)27(21)28-20-23-14-9-10-19-26(23)29(24-15-5-3-6-16-24)25-17-7-4-8-18-25/h3-19,28H,20H2,1-2H3. The van der Waals surface area contributed by atoms with Crippen LogP contribution in [0, 0.1) is 13.8 Å². The van der Waals surface area contributed by atoms with E-state index in [1.165, 1.54) is 38.3 Å². The molecular formula is C27H26NP. The molecule has 0 saturated heterocycles. The molecular weight excluding hydrogens is 369 g/mol. The van der Waals surface area contributed by atoms with E-state index in [9.17, 15) is 0 Å². The number of aryl methyl sites for hydroxylation is 2. The van der Waals surface area contributed by atoms with E-state index in [-0.39, 0.29) is 0 Å². The van der Waals surface area contributed by atoms with Gasteiger partial charge in [-0.15, -0.1) is 0 Å². The highest BCUT2D eigenvalue weighted by molar-refractivity contribution is 7.79. The molecule has 0 bridgehead atoms. The van der Waals surface area contributed by atoms with Gasteiger partial charge in [-0.1, -0.05) is 103 Å². The first-order valence-corrected chi connectivity index (χ1v) is 11.4. The van der Waals surface area contributed by atoms with Crippen LogP contribution in [0.2, 0.25) is 0 Å². The second kappa shape index (κ2) is 9.07. The highest BCUT2D eigenvalue weighted by Crippen LogP contribution is 2.34. The molecule has 0 spiro atoms. The van der Waals surface area contributed by atoms with Gasteiger partial charge in [0.15, 0.2) is 0 Å². The molecule has 1 N–H and O–H groups in total. The van der Waals surface area contributed by atoms with Gasteiger partial charge in [0, 0.05) is 12.2 Å². The van der Waals surface area contributed by atoms with Crippen molar-refractivity contribution in [2.45, 2.75) is 20.4 Å². The van der Waals surface area contributed by atoms with Crippen molar-refractivity contribution in [3.05, 3.63) is 120 Å². The molecule has 2 heteroatoms. The SMILES string of the molecule is Cc1cccc(C)c1NCc1ccccc1P(c1ccccc1)c1ccccc1. The number of hydrogen-bond donors (Lipinski definition) is 1. The summed E-state index contributed by atoms with van der Waals surface area (Å²) in [6, 6.07) is 37.1. The quantitative estimate of drug-likeness (QED) is 0.415. The molecule has 0 aromatic heterocycles. The van der Waals surface area contributed by atoms with Crippen molar-refractivity contribution >= 4 is 29.5 Å². The van der Waals surface area contributed by atoms with E-state index in [4.69, 9.17) is 0 Å². The second-order valence-corrected chi connectivity index (χ2v) is 9.44. The van der Waals surface area contributed by atoms with Crippen molar-refractivity contribution < 1.29 is 0 Å². The molecule has 144 valence electrons. The minimum Gasteiger partial charge on any atom is -0.381 e. The first-order valence-electron chi connectivity index (χ1n) is 10.0. The molecule has 0 unspecified atom stereocenters. The number of nitrogens with one attached hydrogen (secondary N) is 1. The fourth-order valence-corrected chi connectivity index (χ4v) is 6.21. The number of benzene rings is 4. The predicted octanol–water partition coefficient (Wildman–Crippen LogP) is 5.67. The molecule has 1 nitrogen and oxygen atoms in total. The number of anilines is 1. The monoisotopic (exact) mass is 395 g/mol. The summed E-state index contributed by atoms with van der Waals surface area (Å²) in [5.74, 6) is 0. The molecule has 0 saturated carbocycles. The maximum Gasteiger partial charge on any atom is 0.0407 e. The topological polar surface area (TPSA) is 12.0 Å². The van der Waals surface area contributed by atoms with Crippen molar-refractivity contribution in [2.75, 3.05) is 5.32 Å². The molecule has 0 amide bonds. The van der Waals surface area contributed by atoms with Crippen molar-refractivity contribution in [1.29, 1.82) is 0 Å². The Balaban J connectivity index is 1.73. The fourth-order valence-electron chi connectivity index (χ4n) is 3.74. The van der Waals surface area contributed by atoms with Gasteiger partial charge in [0.1, 0.15) is 0 Å². The van der Waals surface area contributed by atoms with E-state index >= 15 is 0 Å². The Hall–Kier alpha value is -2.89. The lowest BCUT2D eigenvalue weighted by Crippen LogP contribution is -2.24. The van der Waals surface area contributed by atoms with Crippen LogP contribution in [0.15, 0.2) is 103 Å². The van der Waals surface area contributed by atoms with E-state index in [2.05, 4.69) is 122 Å². The average Bonchev–Trinajstić information content (AvgIpc) is 2.76. The first-order chi connectivity index (χ1) is 14.2. The third kappa shape index (κ3) is 4.42. The van der Waals surface area contributed by atoms with Crippen LogP contribution < -0.4 is 21.2 Å². The van der Waals surface area contributed by atoms with Crippen LogP contribution in [0.3, 0.4) is 0 Å². The predicted molar refractivity (Wildman–Crippen MR) is 128 cm³/mol. The van der Waals surface area contributed by atoms with E-state index < -0.39 is 7.92 Å². The van der Waals surface area contributed by atoms with Gasteiger partial charge in [-0.05, 0) is 54.4 Å². The summed E-state index contributed by atoms with van der Waals surface area (Å²) < 4.78 is 0. The summed E-state index contributed by atoms with van der Waals surface area (Å²) in [7, 11) is -0.603. The molecule has 4 aromatic rings. The Morgan fingerprint density at radius 3 is 1.69 bits per heavy atom. The Kier molecular flexibility index (Phi) is 6.08. The van der Waals surface area contributed by atoms with Crippen LogP contribution in [-0.4, -0.2) is 0 Å². The highest BCUT2D eigenvalue weighted by Gasteiger charge is 2.19. The van der Waals surface area contributed by atoms with E-state index in [0.717, 1.165) is 6.54 Å². The van der Waals surface area contributed by atoms with Crippen LogP contribution in [-0.2, 0) is 6.54 Å². The zero-order valence-corrected chi connectivity index (χ0v) is 17.9. The van der Waals surface area contributed by atoms with E-state index in [0.29, 0.717) is 0 Å². The zero-order valence-electron chi connectivity index (χ0n) is 17.0. The molecule has 0 radical (unpaired) electrons. The summed E-state index contributed by atoms with van der Waals surface area (Å²) in [6.07, 6.45) is 0. The lowest BCUT2D eigenvalue weighted by molar-refractivity contribution is 1.14. The number of para-hydroxylation sites is 1. The molecule has 0 aliphatic heterocycles. The zero-order chi connectivity index (χ0) is 20.1. The smallest absolute Gasteiger partial charge is 0.0407 e. The summed E-state index contributed by atoms with van der Waals surface area (Å²) in [4.78, 5) is 0. The van der Waals surface area contributed by atoms with Gasteiger partial charge in [-0.25, -0.2) is 0 Å². The number of rotatable bonds is 6. The summed E-state index contributed by atoms with van der Waals surface area (Å²) in [6.45, 7) is 5.16. The van der Waals surface area contributed by atoms with Crippen LogP contribution in [0.1, 0.15) is 16.7 Å². The third-order valence-corrected chi connectivity index (χ3v) is 7.75. The Labute approximate surface area is 175 Å². The summed E-state index contributed by atoms with van der Waals surface area (Å²) >= 11 is 0. The van der Waals surface area contributed by atoms with Gasteiger partial charge in [-0.3, -0.25) is 0 Å². The van der Waals surface area contributed by atoms with Crippen LogP contribution in [0.25, 0.3) is 0 Å². The molecule has 0 heterocycles. The summed E-state index contributed by atoms with van der Waals surface area (Å²) in [5, 5.41) is 7.89. The molecule has 0 fully saturated rings. The van der Waals surface area contributed by atoms with Crippen molar-refractivity contribution in [2.24, 2.45) is 0 Å². The lowest BCUT2D eigenvalue weighted by Gasteiger charge is -2.23. The third-order valence-electron chi connectivity index (χ3n) is 5.20. The maximum absolute atomic E-state index is 3.71. The van der Waals surface area contributed by atoms with Crippen molar-refractivity contribution in [3.8, 4) is 0 Å². The lowest BCUT2D eigenvalue weighted by atomic mass is 10.1. The van der Waals surface area contributed by atoms with Crippen molar-refractivity contribution in [1.82, 2.24) is 0 Å². The first kappa shape index (κ1) is 19.4. The van der Waals surface area contributed by atoms with E-state index in [1.807, 2.05) is 0 Å². The fraction of sp³-hybridized carbons (Fsp3) is 0.111. The van der Waals surface area contributed by atoms with Crippen molar-refractivity contribution in [3.63, 3.8) is 0 Å². The molecule has 0 aliphatic rings. The molecule has 0 aliphatic carbocycles. The number of hydrogen-bond acceptors (Lipinski definition) is 1. The Morgan fingerprint density at radius 2 is 1.10 bits per heavy atom. The van der Waals surface area contributed by atoms with Crippen LogP contribution in [0.4, 0.5) is 5.69 Å². The maximum atomic E-state index is 3.71. The molecule has 0 atom stereocenters. The average molecular weight is 395 g/mol. The normalized spacial score (nSPS) is 10.9. The van der Waals surface area contributed by atoms with Gasteiger partial charge in [0.2, 0.25) is 0 Å². The largest absolute Gasteiger partial charge is 0.381 e. The van der Waals surface area contributed by atoms with Gasteiger partial charge >= 0.3 is 0 Å². The van der Waals surface area contributed by atoms with Gasteiger partial charge in [-0.2, -0.15) is 0 Å². The second-order valence-electron chi connectivity index (χ2n) is 7.26. The van der Waals surface area contributed by atoms with Crippen LogP contribution in [0.5, 0.6) is 0 Å². The highest BCUT2D eigenvalue weighted by atomic mass is 31.1. The van der Waals surface area contributed by atoms with Gasteiger partial charge in [0.05, 0.1) is 0 Å². The Morgan fingerprint density at radius 1 is 0.586 bits per heavy atom. The molecule has 29 heavy (non-hydrogen) atoms. The van der Waals surface area contributed by atoms with Crippen LogP contribution >= 0.6 is 7.92 Å². The van der Waals surface area contributed by atoms with Gasteiger partial charge in [0.25, 0.3) is 0 Å². The van der Waals surface area contributed by atoms with Gasteiger partial charge < -0.3 is 5.32 Å². The summed E-state index contributed by atoms with van der Waals surface area (Å²) in [5.41, 5.74) is 5.17. The molecule has 4 aromatic carbocycles.